The van der Waals surface area contributed by atoms with Gasteiger partial charge in [0.15, 0.2) is 5.78 Å². The second-order valence-corrected chi connectivity index (χ2v) is 3.84. The van der Waals surface area contributed by atoms with Crippen LogP contribution in [0.1, 0.15) is 38.5 Å². The molecule has 0 saturated carbocycles. The number of unbranched alkanes of at least 4 members (excludes halogenated alkanes) is 2. The Morgan fingerprint density at radius 2 is 2.13 bits per heavy atom. The van der Waals surface area contributed by atoms with E-state index in [1.54, 1.807) is 6.08 Å². The van der Waals surface area contributed by atoms with Crippen molar-refractivity contribution in [1.29, 1.82) is 0 Å². The number of aliphatic carboxylic acids is 1. The van der Waals surface area contributed by atoms with Crippen LogP contribution in [-0.4, -0.2) is 28.1 Å². The van der Waals surface area contributed by atoms with E-state index in [0.717, 1.165) is 12.8 Å². The van der Waals surface area contributed by atoms with E-state index in [0.29, 0.717) is 18.4 Å². The van der Waals surface area contributed by atoms with Gasteiger partial charge in [0.05, 0.1) is 6.10 Å². The Morgan fingerprint density at radius 1 is 1.40 bits per heavy atom. The quantitative estimate of drug-likeness (QED) is 0.650. The van der Waals surface area contributed by atoms with Gasteiger partial charge in [-0.05, 0) is 30.9 Å². The van der Waals surface area contributed by atoms with Gasteiger partial charge in [-0.1, -0.05) is 6.42 Å². The lowest BCUT2D eigenvalue weighted by molar-refractivity contribution is -0.137. The third kappa shape index (κ3) is 4.25. The van der Waals surface area contributed by atoms with Gasteiger partial charge in [-0.15, -0.1) is 0 Å². The van der Waals surface area contributed by atoms with Gasteiger partial charge in [0, 0.05) is 12.8 Å². The first-order chi connectivity index (χ1) is 7.09. The number of ketones is 1. The first kappa shape index (κ1) is 11.9. The Balaban J connectivity index is 2.13. The fourth-order valence-corrected chi connectivity index (χ4v) is 1.70. The predicted octanol–water partition coefficient (Wildman–Crippen LogP) is 1.28. The van der Waals surface area contributed by atoms with Crippen molar-refractivity contribution < 1.29 is 19.8 Å². The first-order valence-corrected chi connectivity index (χ1v) is 5.23. The minimum atomic E-state index is -0.776. The van der Waals surface area contributed by atoms with Gasteiger partial charge in [-0.25, -0.2) is 0 Å². The summed E-state index contributed by atoms with van der Waals surface area (Å²) in [5.74, 6) is -0.748. The summed E-state index contributed by atoms with van der Waals surface area (Å²) in [7, 11) is 0. The zero-order valence-electron chi connectivity index (χ0n) is 8.61. The van der Waals surface area contributed by atoms with Crippen LogP contribution in [0.15, 0.2) is 11.6 Å². The molecule has 0 fully saturated rings. The molecule has 0 radical (unpaired) electrons. The SMILES string of the molecule is O=C(O)CCCCCC1=CC(O)CC1=O. The third-order valence-corrected chi connectivity index (χ3v) is 2.48. The summed E-state index contributed by atoms with van der Waals surface area (Å²) in [5.41, 5.74) is 0.706. The zero-order valence-corrected chi connectivity index (χ0v) is 8.61. The number of carboxylic acids is 1. The van der Waals surface area contributed by atoms with Crippen LogP contribution in [0.3, 0.4) is 0 Å². The van der Waals surface area contributed by atoms with Crippen molar-refractivity contribution in [3.8, 4) is 0 Å². The van der Waals surface area contributed by atoms with Crippen molar-refractivity contribution in [1.82, 2.24) is 0 Å². The molecule has 0 heterocycles. The molecular formula is C11H16O4. The molecule has 0 saturated heterocycles. The number of carbonyl (C=O) groups is 2. The smallest absolute Gasteiger partial charge is 0.303 e. The van der Waals surface area contributed by atoms with E-state index in [9.17, 15) is 14.7 Å². The molecule has 1 aliphatic rings. The fourth-order valence-electron chi connectivity index (χ4n) is 1.70. The van der Waals surface area contributed by atoms with Crippen molar-refractivity contribution in [2.24, 2.45) is 0 Å². The van der Waals surface area contributed by atoms with Crippen LogP contribution in [0.2, 0.25) is 0 Å². The van der Waals surface area contributed by atoms with Gasteiger partial charge in [-0.3, -0.25) is 9.59 Å². The van der Waals surface area contributed by atoms with Crippen molar-refractivity contribution in [3.63, 3.8) is 0 Å². The summed E-state index contributed by atoms with van der Waals surface area (Å²) in [6, 6.07) is 0. The summed E-state index contributed by atoms with van der Waals surface area (Å²) in [6.45, 7) is 0. The lowest BCUT2D eigenvalue weighted by atomic mass is 10.1. The van der Waals surface area contributed by atoms with Crippen molar-refractivity contribution in [3.05, 3.63) is 11.6 Å². The molecule has 0 spiro atoms. The van der Waals surface area contributed by atoms with Crippen LogP contribution in [0.25, 0.3) is 0 Å². The van der Waals surface area contributed by atoms with Crippen LogP contribution >= 0.6 is 0 Å². The zero-order chi connectivity index (χ0) is 11.3. The van der Waals surface area contributed by atoms with Crippen LogP contribution in [0.5, 0.6) is 0 Å². The average Bonchev–Trinajstić information content (AvgIpc) is 2.44. The Labute approximate surface area is 88.6 Å². The molecule has 1 atom stereocenters. The van der Waals surface area contributed by atoms with E-state index in [4.69, 9.17) is 5.11 Å². The van der Waals surface area contributed by atoms with Crippen molar-refractivity contribution >= 4 is 11.8 Å². The van der Waals surface area contributed by atoms with Crippen LogP contribution < -0.4 is 0 Å². The van der Waals surface area contributed by atoms with E-state index in [1.165, 1.54) is 0 Å². The van der Waals surface area contributed by atoms with E-state index in [-0.39, 0.29) is 18.6 Å². The molecule has 0 aromatic rings. The van der Waals surface area contributed by atoms with Gasteiger partial charge in [0.25, 0.3) is 0 Å². The number of hydrogen-bond acceptors (Lipinski definition) is 3. The standard InChI is InChI=1S/C11H16O4/c12-9-6-8(10(13)7-9)4-2-1-3-5-11(14)15/h6,9,12H,1-5,7H2,(H,14,15). The second kappa shape index (κ2) is 5.66. The molecule has 0 aromatic heterocycles. The van der Waals surface area contributed by atoms with Gasteiger partial charge in [0.2, 0.25) is 0 Å². The molecule has 84 valence electrons. The molecule has 1 rings (SSSR count). The number of aliphatic hydroxyl groups is 1. The number of carbonyl (C=O) groups excluding carboxylic acids is 1. The lowest BCUT2D eigenvalue weighted by Gasteiger charge is -1.99. The maximum absolute atomic E-state index is 11.2. The third-order valence-electron chi connectivity index (χ3n) is 2.48. The van der Waals surface area contributed by atoms with E-state index < -0.39 is 12.1 Å². The number of carboxylic acid groups (broad SMARTS) is 1. The molecule has 2 N–H and O–H groups in total. The number of hydrogen-bond donors (Lipinski definition) is 2. The molecule has 1 unspecified atom stereocenters. The number of allylic oxidation sites excluding steroid dienone is 1. The summed E-state index contributed by atoms with van der Waals surface area (Å²) < 4.78 is 0. The van der Waals surface area contributed by atoms with E-state index >= 15 is 0 Å². The van der Waals surface area contributed by atoms with Crippen molar-refractivity contribution in [2.75, 3.05) is 0 Å². The highest BCUT2D eigenvalue weighted by Gasteiger charge is 2.21. The van der Waals surface area contributed by atoms with E-state index in [1.807, 2.05) is 0 Å². The topological polar surface area (TPSA) is 74.6 Å². The molecule has 0 aromatic carbocycles. The van der Waals surface area contributed by atoms with Gasteiger partial charge >= 0.3 is 5.97 Å². The fraction of sp³-hybridized carbons (Fsp3) is 0.636. The molecule has 0 amide bonds. The number of rotatable bonds is 6. The second-order valence-electron chi connectivity index (χ2n) is 3.84. The Bertz CT molecular complexity index is 280. The first-order valence-electron chi connectivity index (χ1n) is 5.23. The Hall–Kier alpha value is -1.16. The van der Waals surface area contributed by atoms with Gasteiger partial charge in [-0.2, -0.15) is 0 Å². The summed E-state index contributed by atoms with van der Waals surface area (Å²) in [5, 5.41) is 17.6. The maximum Gasteiger partial charge on any atom is 0.303 e. The molecule has 4 heteroatoms. The molecule has 15 heavy (non-hydrogen) atoms. The Kier molecular flexibility index (Phi) is 4.49. The van der Waals surface area contributed by atoms with Crippen LogP contribution in [-0.2, 0) is 9.59 Å². The molecule has 4 nitrogen and oxygen atoms in total. The Morgan fingerprint density at radius 3 is 2.67 bits per heavy atom. The predicted molar refractivity (Wildman–Crippen MR) is 54.4 cm³/mol. The van der Waals surface area contributed by atoms with Crippen LogP contribution in [0.4, 0.5) is 0 Å². The van der Waals surface area contributed by atoms with E-state index in [2.05, 4.69) is 0 Å². The minimum Gasteiger partial charge on any atom is -0.481 e. The highest BCUT2D eigenvalue weighted by atomic mass is 16.4. The molecular weight excluding hydrogens is 196 g/mol. The van der Waals surface area contributed by atoms with Crippen molar-refractivity contribution in [2.45, 2.75) is 44.6 Å². The summed E-state index contributed by atoms with van der Waals surface area (Å²) in [4.78, 5) is 21.4. The molecule has 1 aliphatic carbocycles. The number of aliphatic hydroxyl groups excluding tert-OH is 1. The normalized spacial score (nSPS) is 20.5. The van der Waals surface area contributed by atoms with Gasteiger partial charge in [0.1, 0.15) is 0 Å². The summed E-state index contributed by atoms with van der Waals surface area (Å²) >= 11 is 0. The lowest BCUT2D eigenvalue weighted by Crippen LogP contribution is -2.01. The average molecular weight is 212 g/mol. The number of Topliss-reactive ketones (excluding diaryl/α,β-unsaturated/α-hetero) is 1. The largest absolute Gasteiger partial charge is 0.481 e. The minimum absolute atomic E-state index is 0.0285. The molecule has 0 aliphatic heterocycles. The highest BCUT2D eigenvalue weighted by Crippen LogP contribution is 2.20. The van der Waals surface area contributed by atoms with Crippen LogP contribution in [0, 0.1) is 0 Å². The molecule has 0 bridgehead atoms. The summed E-state index contributed by atoms with van der Waals surface area (Å²) in [6.07, 6.45) is 4.35. The monoisotopic (exact) mass is 212 g/mol. The van der Waals surface area contributed by atoms with Gasteiger partial charge < -0.3 is 10.2 Å². The highest BCUT2D eigenvalue weighted by molar-refractivity contribution is 5.98. The maximum atomic E-state index is 11.2.